The number of hydrogen-bond acceptors (Lipinski definition) is 3. The van der Waals surface area contributed by atoms with E-state index in [1.807, 2.05) is 12.1 Å². The summed E-state index contributed by atoms with van der Waals surface area (Å²) >= 11 is 0. The number of fused-ring (bicyclic) bond motifs is 1. The van der Waals surface area contributed by atoms with E-state index in [4.69, 9.17) is 14.2 Å². The average molecular weight is 284 g/mol. The van der Waals surface area contributed by atoms with Gasteiger partial charge in [0.05, 0.1) is 14.2 Å². The highest BCUT2D eigenvalue weighted by Gasteiger charge is 2.23. The molecule has 0 radical (unpaired) electrons. The van der Waals surface area contributed by atoms with Crippen molar-refractivity contribution in [1.82, 2.24) is 0 Å². The second-order valence-electron chi connectivity index (χ2n) is 5.37. The summed E-state index contributed by atoms with van der Waals surface area (Å²) < 4.78 is 16.9. The molecule has 3 heteroatoms. The Morgan fingerprint density at radius 2 is 1.67 bits per heavy atom. The first kappa shape index (κ1) is 13.8. The summed E-state index contributed by atoms with van der Waals surface area (Å²) in [5.41, 5.74) is 3.67. The summed E-state index contributed by atoms with van der Waals surface area (Å²) in [4.78, 5) is 0. The van der Waals surface area contributed by atoms with Gasteiger partial charge in [0.25, 0.3) is 0 Å². The minimum atomic E-state index is 0.108. The van der Waals surface area contributed by atoms with E-state index >= 15 is 0 Å². The molecule has 0 spiro atoms. The maximum Gasteiger partial charge on any atom is 0.164 e. The topological polar surface area (TPSA) is 27.7 Å². The molecule has 1 atom stereocenters. The first-order valence-electron chi connectivity index (χ1n) is 7.19. The number of ether oxygens (including phenoxy) is 3. The maximum atomic E-state index is 6.16. The third kappa shape index (κ3) is 2.68. The molecule has 1 unspecified atom stereocenters. The van der Waals surface area contributed by atoms with Crippen LogP contribution in [-0.2, 0) is 6.42 Å². The molecule has 3 rings (SSSR count). The summed E-state index contributed by atoms with van der Waals surface area (Å²) in [6.45, 7) is 2.10. The predicted molar refractivity (Wildman–Crippen MR) is 82.4 cm³/mol. The van der Waals surface area contributed by atoms with Crippen LogP contribution in [0.25, 0.3) is 0 Å². The highest BCUT2D eigenvalue weighted by Crippen LogP contribution is 2.41. The van der Waals surface area contributed by atoms with Crippen molar-refractivity contribution in [2.75, 3.05) is 14.2 Å². The maximum absolute atomic E-state index is 6.16. The molecule has 0 saturated heterocycles. The van der Waals surface area contributed by atoms with E-state index in [1.165, 1.54) is 16.7 Å². The first-order chi connectivity index (χ1) is 10.2. The fraction of sp³-hybridized carbons (Fsp3) is 0.333. The first-order valence-corrected chi connectivity index (χ1v) is 7.19. The van der Waals surface area contributed by atoms with Crippen LogP contribution in [0.15, 0.2) is 36.4 Å². The lowest BCUT2D eigenvalue weighted by atomic mass is 9.96. The van der Waals surface area contributed by atoms with Gasteiger partial charge >= 0.3 is 0 Å². The Morgan fingerprint density at radius 3 is 2.33 bits per heavy atom. The van der Waals surface area contributed by atoms with Crippen molar-refractivity contribution in [3.05, 3.63) is 53.1 Å². The molecular formula is C18H20O3. The fourth-order valence-electron chi connectivity index (χ4n) is 2.72. The van der Waals surface area contributed by atoms with Crippen molar-refractivity contribution < 1.29 is 14.2 Å². The summed E-state index contributed by atoms with van der Waals surface area (Å²) in [5.74, 6) is 2.36. The van der Waals surface area contributed by atoms with Gasteiger partial charge in [0.15, 0.2) is 11.5 Å². The van der Waals surface area contributed by atoms with Crippen molar-refractivity contribution >= 4 is 0 Å². The van der Waals surface area contributed by atoms with Crippen LogP contribution >= 0.6 is 0 Å². The van der Waals surface area contributed by atoms with Gasteiger partial charge in [-0.2, -0.15) is 0 Å². The molecule has 1 aliphatic heterocycles. The molecule has 0 N–H and O–H groups in total. The van der Waals surface area contributed by atoms with E-state index in [0.717, 1.165) is 24.3 Å². The number of rotatable bonds is 3. The third-order valence-corrected chi connectivity index (χ3v) is 3.96. The molecule has 110 valence electrons. The van der Waals surface area contributed by atoms with Crippen LogP contribution < -0.4 is 14.2 Å². The number of hydrogen-bond donors (Lipinski definition) is 0. The largest absolute Gasteiger partial charge is 0.493 e. The van der Waals surface area contributed by atoms with E-state index in [-0.39, 0.29) is 6.10 Å². The SMILES string of the molecule is COc1cc2c(cc1OC)OC(c1ccc(C)cc1)CC2. The zero-order valence-corrected chi connectivity index (χ0v) is 12.7. The molecule has 2 aromatic rings. The second kappa shape index (κ2) is 5.68. The highest BCUT2D eigenvalue weighted by molar-refractivity contribution is 5.51. The minimum absolute atomic E-state index is 0.108. The average Bonchev–Trinajstić information content (AvgIpc) is 2.53. The van der Waals surface area contributed by atoms with Gasteiger partial charge in [-0.05, 0) is 37.0 Å². The summed E-state index contributed by atoms with van der Waals surface area (Å²) in [6.07, 6.45) is 2.07. The van der Waals surface area contributed by atoms with Gasteiger partial charge < -0.3 is 14.2 Å². The van der Waals surface area contributed by atoms with E-state index in [1.54, 1.807) is 14.2 Å². The van der Waals surface area contributed by atoms with Crippen LogP contribution in [0.4, 0.5) is 0 Å². The molecule has 1 aliphatic rings. The van der Waals surface area contributed by atoms with Gasteiger partial charge in [0.1, 0.15) is 11.9 Å². The normalized spacial score (nSPS) is 16.8. The Balaban J connectivity index is 1.89. The quantitative estimate of drug-likeness (QED) is 0.850. The summed E-state index contributed by atoms with van der Waals surface area (Å²) in [5, 5.41) is 0. The summed E-state index contributed by atoms with van der Waals surface area (Å²) in [7, 11) is 3.30. The lowest BCUT2D eigenvalue weighted by Gasteiger charge is -2.27. The Kier molecular flexibility index (Phi) is 3.74. The van der Waals surface area contributed by atoms with Crippen LogP contribution in [0.3, 0.4) is 0 Å². The molecule has 0 fully saturated rings. The third-order valence-electron chi connectivity index (χ3n) is 3.96. The molecule has 0 amide bonds. The Labute approximate surface area is 125 Å². The smallest absolute Gasteiger partial charge is 0.164 e. The van der Waals surface area contributed by atoms with Crippen LogP contribution in [-0.4, -0.2) is 14.2 Å². The fourth-order valence-corrected chi connectivity index (χ4v) is 2.72. The van der Waals surface area contributed by atoms with Crippen molar-refractivity contribution in [3.8, 4) is 17.2 Å². The van der Waals surface area contributed by atoms with Gasteiger partial charge in [-0.1, -0.05) is 29.8 Å². The van der Waals surface area contributed by atoms with Crippen LogP contribution in [0, 0.1) is 6.92 Å². The molecule has 0 bridgehead atoms. The van der Waals surface area contributed by atoms with E-state index in [2.05, 4.69) is 31.2 Å². The Bertz CT molecular complexity index is 632. The zero-order valence-electron chi connectivity index (χ0n) is 12.7. The van der Waals surface area contributed by atoms with Gasteiger partial charge in [-0.15, -0.1) is 0 Å². The van der Waals surface area contributed by atoms with Crippen LogP contribution in [0.1, 0.15) is 29.2 Å². The zero-order chi connectivity index (χ0) is 14.8. The van der Waals surface area contributed by atoms with Crippen molar-refractivity contribution in [3.63, 3.8) is 0 Å². The number of aryl methyl sites for hydroxylation is 2. The van der Waals surface area contributed by atoms with Crippen LogP contribution in [0.5, 0.6) is 17.2 Å². The van der Waals surface area contributed by atoms with Crippen LogP contribution in [0.2, 0.25) is 0 Å². The molecule has 0 aromatic heterocycles. The van der Waals surface area contributed by atoms with Crippen molar-refractivity contribution in [2.45, 2.75) is 25.9 Å². The minimum Gasteiger partial charge on any atom is -0.493 e. The molecule has 3 nitrogen and oxygen atoms in total. The summed E-state index contributed by atoms with van der Waals surface area (Å²) in [6, 6.07) is 12.5. The molecule has 21 heavy (non-hydrogen) atoms. The number of benzene rings is 2. The standard InChI is InChI=1S/C18H20O3/c1-12-4-6-13(7-5-12)15-9-8-14-10-17(19-2)18(20-3)11-16(14)21-15/h4-7,10-11,15H,8-9H2,1-3H3. The molecule has 2 aromatic carbocycles. The molecule has 1 heterocycles. The van der Waals surface area contributed by atoms with E-state index < -0.39 is 0 Å². The lowest BCUT2D eigenvalue weighted by molar-refractivity contribution is 0.175. The van der Waals surface area contributed by atoms with Crippen molar-refractivity contribution in [2.24, 2.45) is 0 Å². The predicted octanol–water partition coefficient (Wildman–Crippen LogP) is 4.08. The Hall–Kier alpha value is -2.16. The van der Waals surface area contributed by atoms with Crippen molar-refractivity contribution in [1.29, 1.82) is 0 Å². The lowest BCUT2D eigenvalue weighted by Crippen LogP contribution is -2.15. The van der Waals surface area contributed by atoms with Gasteiger partial charge in [0, 0.05) is 6.07 Å². The van der Waals surface area contributed by atoms with Gasteiger partial charge in [-0.25, -0.2) is 0 Å². The molecule has 0 saturated carbocycles. The Morgan fingerprint density at radius 1 is 1.00 bits per heavy atom. The van der Waals surface area contributed by atoms with E-state index in [9.17, 15) is 0 Å². The highest BCUT2D eigenvalue weighted by atomic mass is 16.5. The molecular weight excluding hydrogens is 264 g/mol. The number of methoxy groups -OCH3 is 2. The van der Waals surface area contributed by atoms with Gasteiger partial charge in [-0.3, -0.25) is 0 Å². The molecule has 0 aliphatic carbocycles. The van der Waals surface area contributed by atoms with Gasteiger partial charge in [0.2, 0.25) is 0 Å². The second-order valence-corrected chi connectivity index (χ2v) is 5.37. The van der Waals surface area contributed by atoms with E-state index in [0.29, 0.717) is 5.75 Å². The monoisotopic (exact) mass is 284 g/mol.